The van der Waals surface area contributed by atoms with Crippen molar-refractivity contribution in [3.05, 3.63) is 47.5 Å². The van der Waals surface area contributed by atoms with Gasteiger partial charge in [-0.1, -0.05) is 29.8 Å². The van der Waals surface area contributed by atoms with Gasteiger partial charge in [0.2, 0.25) is 5.91 Å². The zero-order chi connectivity index (χ0) is 16.4. The van der Waals surface area contributed by atoms with Gasteiger partial charge in [-0.2, -0.15) is 5.26 Å². The second-order valence-corrected chi connectivity index (χ2v) is 4.98. The monoisotopic (exact) mass is 320 g/mol. The summed E-state index contributed by atoms with van der Waals surface area (Å²) in [7, 11) is 0. The van der Waals surface area contributed by atoms with Gasteiger partial charge < -0.3 is 10.1 Å². The molecule has 0 aromatic heterocycles. The fraction of sp³-hybridized carbons (Fsp3) is 0.312. The van der Waals surface area contributed by atoms with Crippen molar-refractivity contribution >= 4 is 23.5 Å². The average molecular weight is 321 g/mol. The van der Waals surface area contributed by atoms with Crippen LogP contribution in [-0.2, 0) is 20.7 Å². The molecule has 0 heterocycles. The molecule has 0 aliphatic carbocycles. The highest BCUT2D eigenvalue weighted by atomic mass is 35.5. The second-order valence-electron chi connectivity index (χ2n) is 4.55. The van der Waals surface area contributed by atoms with E-state index >= 15 is 0 Å². The fourth-order valence-electron chi connectivity index (χ4n) is 1.80. The molecular weight excluding hydrogens is 304 g/mol. The van der Waals surface area contributed by atoms with Gasteiger partial charge in [0.05, 0.1) is 0 Å². The van der Waals surface area contributed by atoms with Crippen LogP contribution in [0.4, 0.5) is 0 Å². The Morgan fingerprint density at radius 3 is 2.91 bits per heavy atom. The van der Waals surface area contributed by atoms with Gasteiger partial charge in [-0.3, -0.25) is 4.79 Å². The predicted octanol–water partition coefficient (Wildman–Crippen LogP) is 2.40. The molecule has 1 atom stereocenters. The maximum Gasteiger partial charge on any atom is 0.330 e. The lowest BCUT2D eigenvalue weighted by Gasteiger charge is -2.17. The molecule has 0 spiro atoms. The van der Waals surface area contributed by atoms with Crippen molar-refractivity contribution in [3.63, 3.8) is 0 Å². The number of hydrogen-bond acceptors (Lipinski definition) is 4. The Balaban J connectivity index is 2.76. The minimum absolute atomic E-state index is 0.237. The van der Waals surface area contributed by atoms with Crippen LogP contribution in [0.1, 0.15) is 18.4 Å². The van der Waals surface area contributed by atoms with E-state index in [0.29, 0.717) is 11.4 Å². The van der Waals surface area contributed by atoms with E-state index in [1.54, 1.807) is 36.4 Å². The third-order valence-corrected chi connectivity index (χ3v) is 3.04. The number of allylic oxidation sites excluding steroid dienone is 1. The lowest BCUT2D eigenvalue weighted by Crippen LogP contribution is -2.43. The number of ether oxygens (including phenoxy) is 1. The maximum absolute atomic E-state index is 12.0. The molecule has 0 aliphatic rings. The van der Waals surface area contributed by atoms with Crippen molar-refractivity contribution in [2.45, 2.75) is 25.3 Å². The van der Waals surface area contributed by atoms with E-state index in [0.717, 1.165) is 5.56 Å². The molecule has 0 aliphatic heterocycles. The molecule has 6 heteroatoms. The van der Waals surface area contributed by atoms with Crippen LogP contribution in [0.5, 0.6) is 0 Å². The molecule has 1 amide bonds. The largest absolute Gasteiger partial charge is 0.449 e. The number of nitriles is 1. The number of carbonyl (C=O) groups is 2. The van der Waals surface area contributed by atoms with Crippen molar-refractivity contribution < 1.29 is 14.3 Å². The van der Waals surface area contributed by atoms with Gasteiger partial charge >= 0.3 is 5.97 Å². The lowest BCUT2D eigenvalue weighted by molar-refractivity contribution is -0.146. The molecule has 0 radical (unpaired) electrons. The first kappa shape index (κ1) is 17.7. The van der Waals surface area contributed by atoms with Crippen LogP contribution in [-0.4, -0.2) is 24.5 Å². The summed E-state index contributed by atoms with van der Waals surface area (Å²) in [6.07, 6.45) is 2.62. The SMILES string of the molecule is C=CCCC(=O)N[C@@H](Cc1cccc(Cl)c1)C(=O)OCC#N. The Hall–Kier alpha value is -2.32. The molecule has 5 nitrogen and oxygen atoms in total. The van der Waals surface area contributed by atoms with Gasteiger partial charge in [0.15, 0.2) is 6.61 Å². The van der Waals surface area contributed by atoms with Crippen molar-refractivity contribution in [3.8, 4) is 6.07 Å². The first-order valence-electron chi connectivity index (χ1n) is 6.75. The molecule has 116 valence electrons. The molecule has 1 N–H and O–H groups in total. The van der Waals surface area contributed by atoms with E-state index in [1.165, 1.54) is 0 Å². The van der Waals surface area contributed by atoms with Gasteiger partial charge in [0.25, 0.3) is 0 Å². The standard InChI is InChI=1S/C16H17ClN2O3/c1-2-3-7-15(20)19-14(16(21)22-9-8-18)11-12-5-4-6-13(17)10-12/h2,4-6,10,14H,1,3,7,9,11H2,(H,19,20)/t14-/m0/s1. The van der Waals surface area contributed by atoms with Crippen molar-refractivity contribution in [1.29, 1.82) is 5.26 Å². The van der Waals surface area contributed by atoms with Crippen molar-refractivity contribution in [1.82, 2.24) is 5.32 Å². The number of esters is 1. The van der Waals surface area contributed by atoms with Crippen LogP contribution >= 0.6 is 11.6 Å². The van der Waals surface area contributed by atoms with Crippen molar-refractivity contribution in [2.75, 3.05) is 6.61 Å². The number of carbonyl (C=O) groups excluding carboxylic acids is 2. The molecule has 0 bridgehead atoms. The molecule has 1 aromatic rings. The molecule has 1 rings (SSSR count). The number of amides is 1. The highest BCUT2D eigenvalue weighted by Gasteiger charge is 2.22. The van der Waals surface area contributed by atoms with Crippen LogP contribution in [0.15, 0.2) is 36.9 Å². The second kappa shape index (κ2) is 9.59. The normalized spacial score (nSPS) is 11.1. The third kappa shape index (κ3) is 6.42. The molecule has 1 aromatic carbocycles. The van der Waals surface area contributed by atoms with Gasteiger partial charge in [0.1, 0.15) is 12.1 Å². The zero-order valence-electron chi connectivity index (χ0n) is 12.0. The summed E-state index contributed by atoms with van der Waals surface area (Å²) >= 11 is 5.91. The molecule has 0 fully saturated rings. The third-order valence-electron chi connectivity index (χ3n) is 2.80. The highest BCUT2D eigenvalue weighted by Crippen LogP contribution is 2.13. The summed E-state index contributed by atoms with van der Waals surface area (Å²) in [5.74, 6) is -0.922. The van der Waals surface area contributed by atoms with E-state index in [1.807, 2.05) is 0 Å². The minimum atomic E-state index is -0.857. The van der Waals surface area contributed by atoms with Gasteiger partial charge in [-0.15, -0.1) is 6.58 Å². The Morgan fingerprint density at radius 1 is 1.50 bits per heavy atom. The summed E-state index contributed by atoms with van der Waals surface area (Å²) in [5, 5.41) is 11.6. The van der Waals surface area contributed by atoms with E-state index in [2.05, 4.69) is 11.9 Å². The summed E-state index contributed by atoms with van der Waals surface area (Å²) in [6.45, 7) is 3.19. The van der Waals surface area contributed by atoms with Crippen molar-refractivity contribution in [2.24, 2.45) is 0 Å². The highest BCUT2D eigenvalue weighted by molar-refractivity contribution is 6.30. The fourth-order valence-corrected chi connectivity index (χ4v) is 2.01. The number of nitrogens with zero attached hydrogens (tertiary/aromatic N) is 1. The molecule has 0 unspecified atom stereocenters. The van der Waals surface area contributed by atoms with Crippen LogP contribution in [0.2, 0.25) is 5.02 Å². The summed E-state index contributed by atoms with van der Waals surface area (Å²) in [5.41, 5.74) is 0.787. The number of halogens is 1. The number of rotatable bonds is 8. The smallest absolute Gasteiger partial charge is 0.330 e. The summed E-state index contributed by atoms with van der Waals surface area (Å²) in [4.78, 5) is 23.7. The number of hydrogen-bond donors (Lipinski definition) is 1. The van der Waals surface area contributed by atoms with Crippen LogP contribution in [0, 0.1) is 11.3 Å². The maximum atomic E-state index is 12.0. The molecular formula is C16H17ClN2O3. The topological polar surface area (TPSA) is 79.2 Å². The lowest BCUT2D eigenvalue weighted by atomic mass is 10.1. The summed E-state index contributed by atoms with van der Waals surface area (Å²) in [6, 6.07) is 7.85. The molecule has 0 saturated heterocycles. The number of benzene rings is 1. The quantitative estimate of drug-likeness (QED) is 0.589. The van der Waals surface area contributed by atoms with E-state index in [4.69, 9.17) is 21.6 Å². The van der Waals surface area contributed by atoms with Crippen LogP contribution in [0.3, 0.4) is 0 Å². The van der Waals surface area contributed by atoms with Crippen LogP contribution in [0.25, 0.3) is 0 Å². The Kier molecular flexibility index (Phi) is 7.73. The predicted molar refractivity (Wildman–Crippen MR) is 83.1 cm³/mol. The molecule has 22 heavy (non-hydrogen) atoms. The zero-order valence-corrected chi connectivity index (χ0v) is 12.8. The van der Waals surface area contributed by atoms with E-state index in [9.17, 15) is 9.59 Å². The number of nitrogens with one attached hydrogen (secondary N) is 1. The first-order chi connectivity index (χ1) is 10.6. The first-order valence-corrected chi connectivity index (χ1v) is 7.13. The molecule has 0 saturated carbocycles. The van der Waals surface area contributed by atoms with Crippen LogP contribution < -0.4 is 5.32 Å². The Bertz CT molecular complexity index is 581. The van der Waals surface area contributed by atoms with Gasteiger partial charge in [-0.25, -0.2) is 4.79 Å². The Labute approximate surface area is 134 Å². The van der Waals surface area contributed by atoms with Gasteiger partial charge in [-0.05, 0) is 24.1 Å². The van der Waals surface area contributed by atoms with E-state index < -0.39 is 12.0 Å². The Morgan fingerprint density at radius 2 is 2.27 bits per heavy atom. The van der Waals surface area contributed by atoms with Gasteiger partial charge in [0, 0.05) is 17.9 Å². The minimum Gasteiger partial charge on any atom is -0.449 e. The average Bonchev–Trinajstić information content (AvgIpc) is 2.50. The van der Waals surface area contributed by atoms with E-state index in [-0.39, 0.29) is 25.4 Å². The summed E-state index contributed by atoms with van der Waals surface area (Å²) < 4.78 is 4.79.